The molecular weight excluding hydrogens is 393 g/mol. The fourth-order valence-electron chi connectivity index (χ4n) is 2.61. The van der Waals surface area contributed by atoms with E-state index in [0.29, 0.717) is 27.4 Å². The molecule has 0 saturated heterocycles. The maximum atomic E-state index is 6.18. The van der Waals surface area contributed by atoms with Crippen molar-refractivity contribution in [2.24, 2.45) is 0 Å². The van der Waals surface area contributed by atoms with E-state index in [9.17, 15) is 0 Å². The summed E-state index contributed by atoms with van der Waals surface area (Å²) in [7, 11) is 1.59. The van der Waals surface area contributed by atoms with Crippen molar-refractivity contribution in [3.8, 4) is 17.1 Å². The first-order chi connectivity index (χ1) is 12.6. The number of benzene rings is 2. The molecule has 136 valence electrons. The summed E-state index contributed by atoms with van der Waals surface area (Å²) in [6.45, 7) is 1.42. The number of rotatable bonds is 7. The van der Waals surface area contributed by atoms with Gasteiger partial charge in [-0.1, -0.05) is 40.9 Å². The Morgan fingerprint density at radius 3 is 2.54 bits per heavy atom. The molecule has 0 bridgehead atoms. The summed E-state index contributed by atoms with van der Waals surface area (Å²) >= 11 is 18.3. The summed E-state index contributed by atoms with van der Waals surface area (Å²) in [5.41, 5.74) is 1.98. The molecule has 0 aliphatic carbocycles. The van der Waals surface area contributed by atoms with Crippen LogP contribution in [0.2, 0.25) is 15.1 Å². The Morgan fingerprint density at radius 2 is 1.81 bits per heavy atom. The van der Waals surface area contributed by atoms with E-state index in [1.807, 2.05) is 42.5 Å². The summed E-state index contributed by atoms with van der Waals surface area (Å²) in [6, 6.07) is 15.0. The molecule has 0 radical (unpaired) electrons. The predicted octanol–water partition coefficient (Wildman–Crippen LogP) is 6.25. The van der Waals surface area contributed by atoms with Gasteiger partial charge in [0.1, 0.15) is 17.3 Å². The van der Waals surface area contributed by atoms with Gasteiger partial charge < -0.3 is 14.5 Å². The third kappa shape index (κ3) is 4.74. The molecule has 0 spiro atoms. The highest BCUT2D eigenvalue weighted by molar-refractivity contribution is 6.35. The van der Waals surface area contributed by atoms with Crippen molar-refractivity contribution < 1.29 is 9.15 Å². The van der Waals surface area contributed by atoms with Crippen molar-refractivity contribution in [3.05, 3.63) is 74.9 Å². The van der Waals surface area contributed by atoms with Crippen LogP contribution in [0.25, 0.3) is 11.3 Å². The minimum Gasteiger partial charge on any atom is -0.495 e. The fourth-order valence-corrected chi connectivity index (χ4v) is 3.37. The number of halogens is 3. The third-order valence-electron chi connectivity index (χ3n) is 3.98. The molecule has 26 heavy (non-hydrogen) atoms. The van der Waals surface area contributed by atoms with Crippen LogP contribution in [0.15, 0.2) is 52.9 Å². The van der Waals surface area contributed by atoms with E-state index in [1.54, 1.807) is 13.2 Å². The van der Waals surface area contributed by atoms with Gasteiger partial charge in [0.15, 0.2) is 0 Å². The molecule has 3 rings (SSSR count). The van der Waals surface area contributed by atoms with Gasteiger partial charge in [-0.2, -0.15) is 0 Å². The van der Waals surface area contributed by atoms with Crippen molar-refractivity contribution in [2.45, 2.75) is 13.0 Å². The monoisotopic (exact) mass is 409 g/mol. The fraction of sp³-hybridized carbons (Fsp3) is 0.200. The van der Waals surface area contributed by atoms with Crippen LogP contribution in [0.1, 0.15) is 11.3 Å². The molecular formula is C20H18Cl3NO2. The van der Waals surface area contributed by atoms with Gasteiger partial charge in [-0.25, -0.2) is 0 Å². The Bertz CT molecular complexity index is 893. The van der Waals surface area contributed by atoms with Crippen molar-refractivity contribution >= 4 is 34.8 Å². The average molecular weight is 411 g/mol. The van der Waals surface area contributed by atoms with Gasteiger partial charge >= 0.3 is 0 Å². The molecule has 0 atom stereocenters. The Kier molecular flexibility index (Phi) is 6.49. The van der Waals surface area contributed by atoms with E-state index < -0.39 is 0 Å². The first-order valence-electron chi connectivity index (χ1n) is 8.14. The summed E-state index contributed by atoms with van der Waals surface area (Å²) in [5.74, 6) is 2.27. The number of methoxy groups -OCH3 is 1. The minimum atomic E-state index is 0.556. The lowest BCUT2D eigenvalue weighted by molar-refractivity contribution is 0.415. The lowest BCUT2D eigenvalue weighted by atomic mass is 10.1. The third-order valence-corrected chi connectivity index (χ3v) is 4.87. The van der Waals surface area contributed by atoms with Crippen LogP contribution in [0, 0.1) is 0 Å². The van der Waals surface area contributed by atoms with Gasteiger partial charge in [0.2, 0.25) is 0 Å². The maximum Gasteiger partial charge on any atom is 0.137 e. The van der Waals surface area contributed by atoms with Crippen molar-refractivity contribution in [1.29, 1.82) is 0 Å². The molecule has 2 aromatic carbocycles. The molecule has 3 nitrogen and oxygen atoms in total. The second kappa shape index (κ2) is 8.83. The smallest absolute Gasteiger partial charge is 0.137 e. The molecule has 0 amide bonds. The van der Waals surface area contributed by atoms with Gasteiger partial charge in [-0.15, -0.1) is 0 Å². The van der Waals surface area contributed by atoms with Crippen LogP contribution in [0.3, 0.4) is 0 Å². The lowest BCUT2D eigenvalue weighted by Gasteiger charge is -2.06. The van der Waals surface area contributed by atoms with Crippen molar-refractivity contribution in [3.63, 3.8) is 0 Å². The SMILES string of the molecule is COc1ccc(-c2ccc(CNCCc3ccc(Cl)cc3Cl)o2)cc1Cl. The average Bonchev–Trinajstić information content (AvgIpc) is 3.09. The topological polar surface area (TPSA) is 34.4 Å². The van der Waals surface area contributed by atoms with Gasteiger partial charge in [0.05, 0.1) is 18.7 Å². The highest BCUT2D eigenvalue weighted by Gasteiger charge is 2.08. The molecule has 0 aliphatic heterocycles. The zero-order chi connectivity index (χ0) is 18.5. The largest absolute Gasteiger partial charge is 0.495 e. The zero-order valence-electron chi connectivity index (χ0n) is 14.2. The zero-order valence-corrected chi connectivity index (χ0v) is 16.5. The quantitative estimate of drug-likeness (QED) is 0.468. The van der Waals surface area contributed by atoms with E-state index in [1.165, 1.54) is 0 Å². The lowest BCUT2D eigenvalue weighted by Crippen LogP contribution is -2.16. The molecule has 1 heterocycles. The maximum absolute atomic E-state index is 6.18. The summed E-state index contributed by atoms with van der Waals surface area (Å²) in [5, 5.41) is 5.25. The Balaban J connectivity index is 1.54. The van der Waals surface area contributed by atoms with Crippen LogP contribution in [0.5, 0.6) is 5.75 Å². The Labute approximate surface area is 167 Å². The van der Waals surface area contributed by atoms with Crippen LogP contribution < -0.4 is 10.1 Å². The molecule has 6 heteroatoms. The number of hydrogen-bond acceptors (Lipinski definition) is 3. The molecule has 3 aromatic rings. The molecule has 1 N–H and O–H groups in total. The number of nitrogens with one attached hydrogen (secondary N) is 1. The van der Waals surface area contributed by atoms with Gasteiger partial charge in [-0.05, 0) is 61.0 Å². The molecule has 0 unspecified atom stereocenters. The molecule has 0 fully saturated rings. The van der Waals surface area contributed by atoms with E-state index in [0.717, 1.165) is 35.6 Å². The first-order valence-corrected chi connectivity index (χ1v) is 9.27. The molecule has 0 saturated carbocycles. The van der Waals surface area contributed by atoms with E-state index in [4.69, 9.17) is 44.0 Å². The molecule has 1 aromatic heterocycles. The van der Waals surface area contributed by atoms with E-state index in [-0.39, 0.29) is 0 Å². The molecule has 0 aliphatic rings. The van der Waals surface area contributed by atoms with Crippen molar-refractivity contribution in [2.75, 3.05) is 13.7 Å². The van der Waals surface area contributed by atoms with Gasteiger partial charge in [0.25, 0.3) is 0 Å². The Hall–Kier alpha value is -1.65. The first kappa shape index (κ1) is 19.1. The van der Waals surface area contributed by atoms with Crippen molar-refractivity contribution in [1.82, 2.24) is 5.32 Å². The number of ether oxygens (including phenoxy) is 1. The van der Waals surface area contributed by atoms with Crippen LogP contribution in [-0.4, -0.2) is 13.7 Å². The number of furan rings is 1. The summed E-state index contributed by atoms with van der Waals surface area (Å²) in [4.78, 5) is 0. The van der Waals surface area contributed by atoms with E-state index >= 15 is 0 Å². The summed E-state index contributed by atoms with van der Waals surface area (Å²) < 4.78 is 11.1. The van der Waals surface area contributed by atoms with E-state index in [2.05, 4.69) is 5.32 Å². The van der Waals surface area contributed by atoms with Crippen LogP contribution in [0.4, 0.5) is 0 Å². The predicted molar refractivity (Wildman–Crippen MR) is 108 cm³/mol. The Morgan fingerprint density at radius 1 is 0.962 bits per heavy atom. The second-order valence-corrected chi connectivity index (χ2v) is 7.03. The minimum absolute atomic E-state index is 0.556. The number of hydrogen-bond donors (Lipinski definition) is 1. The highest BCUT2D eigenvalue weighted by Crippen LogP contribution is 2.31. The highest BCUT2D eigenvalue weighted by atomic mass is 35.5. The normalized spacial score (nSPS) is 10.9. The standard InChI is InChI=1S/C20H18Cl3NO2/c1-25-20-6-3-14(10-18(20)23)19-7-5-16(26-19)12-24-9-8-13-2-4-15(21)11-17(13)22/h2-7,10-11,24H,8-9,12H2,1H3. The second-order valence-electron chi connectivity index (χ2n) is 5.78. The van der Waals surface area contributed by atoms with Gasteiger partial charge in [0, 0.05) is 15.6 Å². The van der Waals surface area contributed by atoms with Crippen LogP contribution >= 0.6 is 34.8 Å². The van der Waals surface area contributed by atoms with Gasteiger partial charge in [-0.3, -0.25) is 0 Å². The van der Waals surface area contributed by atoms with Crippen LogP contribution in [-0.2, 0) is 13.0 Å². The summed E-state index contributed by atoms with van der Waals surface area (Å²) in [6.07, 6.45) is 0.817.